The molecule has 1 N–H and O–H groups in total. The minimum Gasteiger partial charge on any atom is -0.384 e. The van der Waals surface area contributed by atoms with Crippen LogP contribution in [-0.2, 0) is 14.1 Å². The number of aliphatic hydroxyl groups is 1. The van der Waals surface area contributed by atoms with Crippen molar-refractivity contribution < 1.29 is 9.50 Å². The van der Waals surface area contributed by atoms with Gasteiger partial charge in [-0.25, -0.2) is 9.18 Å². The van der Waals surface area contributed by atoms with Crippen LogP contribution in [-0.4, -0.2) is 14.2 Å². The highest BCUT2D eigenvalue weighted by Crippen LogP contribution is 2.29. The van der Waals surface area contributed by atoms with Crippen molar-refractivity contribution in [2.45, 2.75) is 13.0 Å². The van der Waals surface area contributed by atoms with Crippen molar-refractivity contribution in [1.82, 2.24) is 9.13 Å². The molecule has 1 aromatic heterocycles. The molecule has 0 aliphatic carbocycles. The summed E-state index contributed by atoms with van der Waals surface area (Å²) in [4.78, 5) is 12.0. The van der Waals surface area contributed by atoms with Crippen molar-refractivity contribution in [3.8, 4) is 0 Å². The quantitative estimate of drug-likeness (QED) is 0.790. The first-order valence-electron chi connectivity index (χ1n) is 7.00. The fourth-order valence-electron chi connectivity index (χ4n) is 2.82. The van der Waals surface area contributed by atoms with E-state index >= 15 is 0 Å². The van der Waals surface area contributed by atoms with Gasteiger partial charge in [-0.2, -0.15) is 0 Å². The largest absolute Gasteiger partial charge is 0.384 e. The predicted octanol–water partition coefficient (Wildman–Crippen LogP) is 2.41. The van der Waals surface area contributed by atoms with Crippen LogP contribution in [0.4, 0.5) is 4.39 Å². The summed E-state index contributed by atoms with van der Waals surface area (Å²) in [7, 11) is 3.39. The van der Waals surface area contributed by atoms with E-state index in [1.165, 1.54) is 10.6 Å². The number of rotatable bonds is 2. The lowest BCUT2D eigenvalue weighted by Crippen LogP contribution is -2.19. The molecule has 3 aromatic rings. The summed E-state index contributed by atoms with van der Waals surface area (Å²) < 4.78 is 17.0. The predicted molar refractivity (Wildman–Crippen MR) is 83.4 cm³/mol. The molecular weight excluding hydrogens is 283 g/mol. The van der Waals surface area contributed by atoms with Gasteiger partial charge in [0.1, 0.15) is 11.9 Å². The lowest BCUT2D eigenvalue weighted by molar-refractivity contribution is 0.214. The van der Waals surface area contributed by atoms with Crippen LogP contribution in [0.3, 0.4) is 0 Å². The van der Waals surface area contributed by atoms with Crippen LogP contribution >= 0.6 is 0 Å². The number of aryl methyl sites for hydroxylation is 3. The van der Waals surface area contributed by atoms with Crippen LogP contribution < -0.4 is 5.69 Å². The first-order valence-corrected chi connectivity index (χ1v) is 7.00. The summed E-state index contributed by atoms with van der Waals surface area (Å²) in [5.41, 5.74) is 3.00. The average molecular weight is 300 g/mol. The molecule has 4 nitrogen and oxygen atoms in total. The zero-order valence-corrected chi connectivity index (χ0v) is 12.7. The highest BCUT2D eigenvalue weighted by Gasteiger charge is 2.19. The van der Waals surface area contributed by atoms with E-state index in [1.807, 2.05) is 13.0 Å². The van der Waals surface area contributed by atoms with E-state index in [0.29, 0.717) is 11.1 Å². The molecule has 3 rings (SSSR count). The number of aromatic nitrogens is 2. The van der Waals surface area contributed by atoms with E-state index < -0.39 is 11.9 Å². The summed E-state index contributed by atoms with van der Waals surface area (Å²) in [5, 5.41) is 10.5. The van der Waals surface area contributed by atoms with E-state index in [0.717, 1.165) is 11.1 Å². The van der Waals surface area contributed by atoms with Crippen LogP contribution in [0.5, 0.6) is 0 Å². The standard InChI is InChI=1S/C17H17FN2O2/c1-10-8-14-15(20(3)17(22)19(14)2)9-12(10)16(21)11-6-4-5-7-13(11)18/h4-9,16,21H,1-3H3. The Morgan fingerprint density at radius 1 is 1.05 bits per heavy atom. The normalized spacial score (nSPS) is 12.8. The van der Waals surface area contributed by atoms with Crippen LogP contribution in [0, 0.1) is 12.7 Å². The Kier molecular flexibility index (Phi) is 3.37. The molecular formula is C17H17FN2O2. The molecule has 1 atom stereocenters. The fraction of sp³-hybridized carbons (Fsp3) is 0.235. The Balaban J connectivity index is 2.23. The topological polar surface area (TPSA) is 47.2 Å². The summed E-state index contributed by atoms with van der Waals surface area (Å²) in [5.74, 6) is -0.448. The monoisotopic (exact) mass is 300 g/mol. The Morgan fingerprint density at radius 3 is 2.27 bits per heavy atom. The van der Waals surface area contributed by atoms with Crippen LogP contribution in [0.1, 0.15) is 22.8 Å². The molecule has 2 aromatic carbocycles. The third-order valence-corrected chi connectivity index (χ3v) is 4.15. The number of hydrogen-bond acceptors (Lipinski definition) is 2. The second-order valence-corrected chi connectivity index (χ2v) is 5.52. The lowest BCUT2D eigenvalue weighted by atomic mass is 9.96. The maximum atomic E-state index is 13.9. The minimum absolute atomic E-state index is 0.132. The zero-order chi connectivity index (χ0) is 16.0. The van der Waals surface area contributed by atoms with E-state index in [4.69, 9.17) is 0 Å². The van der Waals surface area contributed by atoms with Crippen molar-refractivity contribution >= 4 is 11.0 Å². The van der Waals surface area contributed by atoms with E-state index in [2.05, 4.69) is 0 Å². The van der Waals surface area contributed by atoms with Gasteiger partial charge in [0.2, 0.25) is 0 Å². The molecule has 0 amide bonds. The van der Waals surface area contributed by atoms with Crippen LogP contribution in [0.2, 0.25) is 0 Å². The van der Waals surface area contributed by atoms with E-state index in [9.17, 15) is 14.3 Å². The summed E-state index contributed by atoms with van der Waals surface area (Å²) in [6.45, 7) is 1.84. The Hall–Kier alpha value is -2.40. The molecule has 1 unspecified atom stereocenters. The first kappa shape index (κ1) is 14.5. The third-order valence-electron chi connectivity index (χ3n) is 4.15. The number of imidazole rings is 1. The van der Waals surface area contributed by atoms with Gasteiger partial charge in [-0.05, 0) is 36.2 Å². The number of benzene rings is 2. The molecule has 0 aliphatic heterocycles. The van der Waals surface area contributed by atoms with Gasteiger partial charge in [-0.1, -0.05) is 18.2 Å². The molecule has 5 heteroatoms. The minimum atomic E-state index is -1.07. The van der Waals surface area contributed by atoms with E-state index in [-0.39, 0.29) is 11.3 Å². The van der Waals surface area contributed by atoms with Crippen LogP contribution in [0.15, 0.2) is 41.2 Å². The molecule has 0 radical (unpaired) electrons. The Labute approximate surface area is 127 Å². The van der Waals surface area contributed by atoms with E-state index in [1.54, 1.807) is 42.9 Å². The molecule has 0 saturated heterocycles. The number of halogens is 1. The molecule has 22 heavy (non-hydrogen) atoms. The second-order valence-electron chi connectivity index (χ2n) is 5.52. The molecule has 114 valence electrons. The molecule has 0 bridgehead atoms. The second kappa shape index (κ2) is 5.10. The maximum Gasteiger partial charge on any atom is 0.328 e. The molecule has 0 saturated carbocycles. The Morgan fingerprint density at radius 2 is 1.64 bits per heavy atom. The van der Waals surface area contributed by atoms with Gasteiger partial charge in [-0.3, -0.25) is 9.13 Å². The summed E-state index contributed by atoms with van der Waals surface area (Å²) >= 11 is 0. The average Bonchev–Trinajstić information content (AvgIpc) is 2.71. The highest BCUT2D eigenvalue weighted by atomic mass is 19.1. The number of fused-ring (bicyclic) bond motifs is 1. The van der Waals surface area contributed by atoms with Crippen molar-refractivity contribution in [2.24, 2.45) is 14.1 Å². The SMILES string of the molecule is Cc1cc2c(cc1C(O)c1ccccc1F)n(C)c(=O)n2C. The first-order chi connectivity index (χ1) is 10.4. The smallest absolute Gasteiger partial charge is 0.328 e. The number of hydrogen-bond donors (Lipinski definition) is 1. The van der Waals surface area contributed by atoms with Crippen molar-refractivity contribution in [3.05, 3.63) is 69.4 Å². The van der Waals surface area contributed by atoms with Gasteiger partial charge < -0.3 is 5.11 Å². The number of nitrogens with zero attached hydrogens (tertiary/aromatic N) is 2. The molecule has 0 spiro atoms. The van der Waals surface area contributed by atoms with Gasteiger partial charge in [0.25, 0.3) is 0 Å². The van der Waals surface area contributed by atoms with Crippen LogP contribution in [0.25, 0.3) is 11.0 Å². The fourth-order valence-corrected chi connectivity index (χ4v) is 2.82. The van der Waals surface area contributed by atoms with Gasteiger partial charge >= 0.3 is 5.69 Å². The van der Waals surface area contributed by atoms with Crippen molar-refractivity contribution in [1.29, 1.82) is 0 Å². The summed E-state index contributed by atoms with van der Waals surface area (Å²) in [6, 6.07) is 9.76. The Bertz CT molecular complexity index is 924. The maximum absolute atomic E-state index is 13.9. The molecule has 1 heterocycles. The van der Waals surface area contributed by atoms with Gasteiger partial charge in [0, 0.05) is 19.7 Å². The molecule has 0 fully saturated rings. The van der Waals surface area contributed by atoms with Crippen molar-refractivity contribution in [3.63, 3.8) is 0 Å². The van der Waals surface area contributed by atoms with Gasteiger partial charge in [0.05, 0.1) is 11.0 Å². The number of aliphatic hydroxyl groups excluding tert-OH is 1. The highest BCUT2D eigenvalue weighted by molar-refractivity contribution is 5.78. The zero-order valence-electron chi connectivity index (χ0n) is 12.7. The van der Waals surface area contributed by atoms with Gasteiger partial charge in [-0.15, -0.1) is 0 Å². The molecule has 0 aliphatic rings. The lowest BCUT2D eigenvalue weighted by Gasteiger charge is -2.15. The van der Waals surface area contributed by atoms with Gasteiger partial charge in [0.15, 0.2) is 0 Å². The third kappa shape index (κ3) is 2.05. The summed E-state index contributed by atoms with van der Waals surface area (Å²) in [6.07, 6.45) is -1.07. The van der Waals surface area contributed by atoms with Crippen molar-refractivity contribution in [2.75, 3.05) is 0 Å².